The Morgan fingerprint density at radius 3 is 2.85 bits per heavy atom. The number of ether oxygens (including phenoxy) is 1. The van der Waals surface area contributed by atoms with Gasteiger partial charge in [-0.05, 0) is 19.8 Å². The van der Waals surface area contributed by atoms with E-state index in [0.717, 1.165) is 12.8 Å². The molecular formula is C13H20N4O3. The maximum Gasteiger partial charge on any atom is 0.409 e. The van der Waals surface area contributed by atoms with Crippen LogP contribution in [-0.4, -0.2) is 46.3 Å². The standard InChI is InChI=1S/C13H20N4O3/c1-3-20-13(19)17-7-4-10(5-8-17)15-11-12(18)16(2)9-6-14-11/h6,9-10H,3-5,7-8H2,1-2H3,(H,14,15). The van der Waals surface area contributed by atoms with Gasteiger partial charge in [-0.25, -0.2) is 9.78 Å². The number of aryl methyl sites for hydroxylation is 1. The molecule has 1 aliphatic heterocycles. The maximum absolute atomic E-state index is 11.9. The van der Waals surface area contributed by atoms with Crippen molar-refractivity contribution in [3.63, 3.8) is 0 Å². The second kappa shape index (κ2) is 6.40. The molecule has 0 radical (unpaired) electrons. The van der Waals surface area contributed by atoms with E-state index in [1.54, 1.807) is 31.3 Å². The van der Waals surface area contributed by atoms with Crippen molar-refractivity contribution in [2.24, 2.45) is 7.05 Å². The molecule has 2 heterocycles. The van der Waals surface area contributed by atoms with E-state index < -0.39 is 0 Å². The molecule has 110 valence electrons. The van der Waals surface area contributed by atoms with Gasteiger partial charge in [-0.1, -0.05) is 0 Å². The molecule has 0 atom stereocenters. The van der Waals surface area contributed by atoms with Gasteiger partial charge in [0.05, 0.1) is 6.61 Å². The highest BCUT2D eigenvalue weighted by Gasteiger charge is 2.24. The van der Waals surface area contributed by atoms with E-state index in [-0.39, 0.29) is 17.7 Å². The number of hydrogen-bond acceptors (Lipinski definition) is 5. The predicted molar refractivity (Wildman–Crippen MR) is 74.7 cm³/mol. The molecule has 20 heavy (non-hydrogen) atoms. The quantitative estimate of drug-likeness (QED) is 0.886. The van der Waals surface area contributed by atoms with Crippen LogP contribution in [0, 0.1) is 0 Å². The van der Waals surface area contributed by atoms with E-state index in [0.29, 0.717) is 25.5 Å². The van der Waals surface area contributed by atoms with Crippen molar-refractivity contribution in [2.75, 3.05) is 25.0 Å². The Balaban J connectivity index is 1.90. The van der Waals surface area contributed by atoms with Crippen molar-refractivity contribution in [1.82, 2.24) is 14.5 Å². The summed E-state index contributed by atoms with van der Waals surface area (Å²) < 4.78 is 6.46. The molecule has 1 aromatic rings. The molecule has 0 bridgehead atoms. The van der Waals surface area contributed by atoms with Gasteiger partial charge in [0.25, 0.3) is 5.56 Å². The van der Waals surface area contributed by atoms with E-state index in [9.17, 15) is 9.59 Å². The van der Waals surface area contributed by atoms with Gasteiger partial charge < -0.3 is 19.5 Å². The van der Waals surface area contributed by atoms with E-state index in [4.69, 9.17) is 4.74 Å². The summed E-state index contributed by atoms with van der Waals surface area (Å²) in [4.78, 5) is 29.2. The third-order valence-electron chi connectivity index (χ3n) is 3.38. The number of rotatable bonds is 3. The normalized spacial score (nSPS) is 16.0. The second-order valence-electron chi connectivity index (χ2n) is 4.80. The summed E-state index contributed by atoms with van der Waals surface area (Å²) in [5.74, 6) is 0.365. The monoisotopic (exact) mass is 280 g/mol. The third kappa shape index (κ3) is 3.28. The molecule has 7 nitrogen and oxygen atoms in total. The first-order valence-corrected chi connectivity index (χ1v) is 6.81. The van der Waals surface area contributed by atoms with Crippen LogP contribution >= 0.6 is 0 Å². The zero-order chi connectivity index (χ0) is 14.5. The SMILES string of the molecule is CCOC(=O)N1CCC(Nc2nccn(C)c2=O)CC1. The summed E-state index contributed by atoms with van der Waals surface area (Å²) in [6.07, 6.45) is 4.51. The topological polar surface area (TPSA) is 76.5 Å². The fourth-order valence-corrected chi connectivity index (χ4v) is 2.21. The van der Waals surface area contributed by atoms with E-state index >= 15 is 0 Å². The van der Waals surface area contributed by atoms with Gasteiger partial charge in [-0.15, -0.1) is 0 Å². The van der Waals surface area contributed by atoms with Gasteiger partial charge in [-0.2, -0.15) is 0 Å². The van der Waals surface area contributed by atoms with Crippen LogP contribution in [-0.2, 0) is 11.8 Å². The van der Waals surface area contributed by atoms with Gasteiger partial charge in [-0.3, -0.25) is 4.79 Å². The van der Waals surface area contributed by atoms with Gasteiger partial charge in [0.15, 0.2) is 5.82 Å². The van der Waals surface area contributed by atoms with Crippen LogP contribution in [0.15, 0.2) is 17.2 Å². The molecule has 0 spiro atoms. The lowest BCUT2D eigenvalue weighted by Gasteiger charge is -2.31. The van der Waals surface area contributed by atoms with Crippen LogP contribution < -0.4 is 10.9 Å². The first kappa shape index (κ1) is 14.4. The molecule has 0 aromatic carbocycles. The second-order valence-corrected chi connectivity index (χ2v) is 4.80. The first-order valence-electron chi connectivity index (χ1n) is 6.81. The minimum atomic E-state index is -0.264. The fourth-order valence-electron chi connectivity index (χ4n) is 2.21. The van der Waals surface area contributed by atoms with Crippen LogP contribution in [0.25, 0.3) is 0 Å². The Labute approximate surface area is 117 Å². The zero-order valence-electron chi connectivity index (χ0n) is 11.8. The number of hydrogen-bond donors (Lipinski definition) is 1. The Kier molecular flexibility index (Phi) is 4.60. The number of aromatic nitrogens is 2. The highest BCUT2D eigenvalue weighted by Crippen LogP contribution is 2.14. The van der Waals surface area contributed by atoms with E-state index in [2.05, 4.69) is 10.3 Å². The highest BCUT2D eigenvalue weighted by atomic mass is 16.6. The summed E-state index contributed by atoms with van der Waals surface area (Å²) in [5, 5.41) is 3.16. The molecule has 0 saturated carbocycles. The van der Waals surface area contributed by atoms with Crippen LogP contribution in [0.5, 0.6) is 0 Å². The van der Waals surface area contributed by atoms with Crippen molar-refractivity contribution in [3.8, 4) is 0 Å². The Morgan fingerprint density at radius 2 is 2.20 bits per heavy atom. The van der Waals surface area contributed by atoms with Crippen molar-refractivity contribution in [2.45, 2.75) is 25.8 Å². The molecular weight excluding hydrogens is 260 g/mol. The van der Waals surface area contributed by atoms with Gasteiger partial charge in [0.2, 0.25) is 0 Å². The molecule has 1 amide bonds. The Hall–Kier alpha value is -2.05. The zero-order valence-corrected chi connectivity index (χ0v) is 11.8. The lowest BCUT2D eigenvalue weighted by molar-refractivity contribution is 0.0983. The predicted octanol–water partition coefficient (Wildman–Crippen LogP) is 0.813. The molecule has 0 unspecified atom stereocenters. The van der Waals surface area contributed by atoms with E-state index in [1.165, 1.54) is 4.57 Å². The average Bonchev–Trinajstić information content (AvgIpc) is 2.45. The third-order valence-corrected chi connectivity index (χ3v) is 3.38. The van der Waals surface area contributed by atoms with Crippen LogP contribution in [0.3, 0.4) is 0 Å². The van der Waals surface area contributed by atoms with Crippen molar-refractivity contribution in [3.05, 3.63) is 22.7 Å². The molecule has 1 aromatic heterocycles. The fraction of sp³-hybridized carbons (Fsp3) is 0.615. The van der Waals surface area contributed by atoms with Crippen LogP contribution in [0.4, 0.5) is 10.6 Å². The number of amides is 1. The van der Waals surface area contributed by atoms with Gasteiger partial charge in [0.1, 0.15) is 0 Å². The summed E-state index contributed by atoms with van der Waals surface area (Å²) in [5.41, 5.74) is -0.139. The summed E-state index contributed by atoms with van der Waals surface area (Å²) in [6.45, 7) is 3.44. The molecule has 7 heteroatoms. The summed E-state index contributed by atoms with van der Waals surface area (Å²) >= 11 is 0. The van der Waals surface area contributed by atoms with Crippen LogP contribution in [0.2, 0.25) is 0 Å². The van der Waals surface area contributed by atoms with Gasteiger partial charge >= 0.3 is 6.09 Å². The largest absolute Gasteiger partial charge is 0.450 e. The summed E-state index contributed by atoms with van der Waals surface area (Å²) in [6, 6.07) is 0.156. The van der Waals surface area contributed by atoms with Crippen molar-refractivity contribution in [1.29, 1.82) is 0 Å². The molecule has 1 N–H and O–H groups in total. The number of piperidine rings is 1. The molecule has 1 saturated heterocycles. The number of likely N-dealkylation sites (tertiary alicyclic amines) is 1. The Bertz CT molecular complexity index is 521. The molecule has 1 fully saturated rings. The molecule has 2 rings (SSSR count). The lowest BCUT2D eigenvalue weighted by atomic mass is 10.1. The number of nitrogens with one attached hydrogen (secondary N) is 1. The van der Waals surface area contributed by atoms with E-state index in [1.807, 2.05) is 0 Å². The number of carbonyl (C=O) groups is 1. The van der Waals surface area contributed by atoms with Crippen LogP contribution in [0.1, 0.15) is 19.8 Å². The Morgan fingerprint density at radius 1 is 1.50 bits per heavy atom. The average molecular weight is 280 g/mol. The smallest absolute Gasteiger partial charge is 0.409 e. The summed E-state index contributed by atoms with van der Waals surface area (Å²) in [7, 11) is 1.69. The maximum atomic E-state index is 11.9. The van der Waals surface area contributed by atoms with Crippen molar-refractivity contribution < 1.29 is 9.53 Å². The first-order chi connectivity index (χ1) is 9.61. The number of carbonyl (C=O) groups excluding carboxylic acids is 1. The van der Waals surface area contributed by atoms with Crippen molar-refractivity contribution >= 4 is 11.9 Å². The number of nitrogens with zero attached hydrogens (tertiary/aromatic N) is 3. The highest BCUT2D eigenvalue weighted by molar-refractivity contribution is 5.67. The number of anilines is 1. The minimum Gasteiger partial charge on any atom is -0.450 e. The van der Waals surface area contributed by atoms with Gasteiger partial charge in [0, 0.05) is 38.6 Å². The molecule has 1 aliphatic rings. The molecule has 0 aliphatic carbocycles. The lowest BCUT2D eigenvalue weighted by Crippen LogP contribution is -2.43. The minimum absolute atomic E-state index is 0.139.